The number of primary amides is 1. The zero-order chi connectivity index (χ0) is 36.4. The number of nitrogens with one attached hydrogen (secondary N) is 1. The number of sulfonamides is 1. The first-order valence-corrected chi connectivity index (χ1v) is 17.5. The Balaban J connectivity index is 1.43. The number of carbonyl (C=O) groups is 2. The van der Waals surface area contributed by atoms with Crippen molar-refractivity contribution in [3.05, 3.63) is 113 Å². The van der Waals surface area contributed by atoms with E-state index in [9.17, 15) is 40.8 Å². The highest BCUT2D eigenvalue weighted by atomic mass is 32.2. The lowest BCUT2D eigenvalue weighted by Gasteiger charge is -2.44. The highest BCUT2D eigenvalue weighted by Crippen LogP contribution is 2.47. The molecule has 1 aliphatic heterocycles. The van der Waals surface area contributed by atoms with Crippen molar-refractivity contribution in [3.63, 3.8) is 0 Å². The number of rotatable bonds is 9. The maximum atomic E-state index is 14.3. The van der Waals surface area contributed by atoms with Crippen LogP contribution in [0.2, 0.25) is 0 Å². The van der Waals surface area contributed by atoms with Gasteiger partial charge in [-0.15, -0.1) is 0 Å². The molecule has 3 unspecified atom stereocenters. The van der Waals surface area contributed by atoms with Crippen LogP contribution < -0.4 is 11.1 Å². The average Bonchev–Trinajstić information content (AvgIpc) is 3.09. The molecule has 0 radical (unpaired) electrons. The number of alkyl halides is 3. The zero-order valence-corrected chi connectivity index (χ0v) is 28.2. The minimum absolute atomic E-state index is 0.0523. The maximum absolute atomic E-state index is 14.3. The predicted molar refractivity (Wildman–Crippen MR) is 180 cm³/mol. The smallest absolute Gasteiger partial charge is 0.366 e. The van der Waals surface area contributed by atoms with Crippen LogP contribution in [-0.2, 0) is 21.0 Å². The lowest BCUT2D eigenvalue weighted by atomic mass is 9.64. The Hall–Kier alpha value is -4.80. The molecule has 3 atom stereocenters. The second-order valence-corrected chi connectivity index (χ2v) is 14.9. The molecule has 0 saturated carbocycles. The van der Waals surface area contributed by atoms with Gasteiger partial charge in [0.25, 0.3) is 0 Å². The number of benzene rings is 3. The molecule has 3 aromatic carbocycles. The molecule has 1 saturated heterocycles. The molecule has 0 spiro atoms. The Morgan fingerprint density at radius 2 is 1.66 bits per heavy atom. The summed E-state index contributed by atoms with van der Waals surface area (Å²) in [6.45, 7) is 3.92. The van der Waals surface area contributed by atoms with E-state index in [1.807, 2.05) is 25.2 Å². The minimum Gasteiger partial charge on any atom is -0.366 e. The topological polar surface area (TPSA) is 133 Å². The lowest BCUT2D eigenvalue weighted by molar-refractivity contribution is -0.138. The molecule has 13 heteroatoms. The second-order valence-electron chi connectivity index (χ2n) is 13.0. The van der Waals surface area contributed by atoms with E-state index in [4.69, 9.17) is 5.73 Å². The fourth-order valence-electron chi connectivity index (χ4n) is 6.93. The number of carbonyl (C=O) groups excluding carboxylic acids is 2. The SMILES string of the molecule is CC1C(c2ccc(C(N)=O)cc2)=CC=CC1CC(C)(C(=O)Nc1ccc(C#N)c(C(F)(F)F)c1)C1CCN(S(=O)(=O)c2ccc(F)cc2)CC1. The quantitative estimate of drug-likeness (QED) is 0.228. The molecule has 1 aliphatic carbocycles. The summed E-state index contributed by atoms with van der Waals surface area (Å²) in [5.74, 6) is -2.33. The number of allylic oxidation sites excluding steroid dienone is 4. The third-order valence-corrected chi connectivity index (χ3v) is 11.9. The van der Waals surface area contributed by atoms with Crippen LogP contribution in [0.3, 0.4) is 0 Å². The number of halogens is 4. The number of nitriles is 1. The molecule has 5 rings (SSSR count). The van der Waals surface area contributed by atoms with Gasteiger partial charge in [-0.2, -0.15) is 22.7 Å². The van der Waals surface area contributed by atoms with Gasteiger partial charge in [-0.25, -0.2) is 12.8 Å². The molecule has 8 nitrogen and oxygen atoms in total. The zero-order valence-electron chi connectivity index (χ0n) is 27.4. The first-order chi connectivity index (χ1) is 23.5. The van der Waals surface area contributed by atoms with Crippen LogP contribution in [-0.4, -0.2) is 37.6 Å². The van der Waals surface area contributed by atoms with Gasteiger partial charge in [-0.05, 0) is 103 Å². The summed E-state index contributed by atoms with van der Waals surface area (Å²) >= 11 is 0. The Kier molecular flexibility index (Phi) is 10.4. The number of nitrogens with zero attached hydrogens (tertiary/aromatic N) is 2. The van der Waals surface area contributed by atoms with Crippen LogP contribution in [0.5, 0.6) is 0 Å². The van der Waals surface area contributed by atoms with E-state index in [0.717, 1.165) is 35.4 Å². The summed E-state index contributed by atoms with van der Waals surface area (Å²) in [6.07, 6.45) is 1.85. The van der Waals surface area contributed by atoms with Crippen LogP contribution in [0, 0.1) is 40.3 Å². The van der Waals surface area contributed by atoms with Crippen LogP contribution in [0.1, 0.15) is 60.2 Å². The predicted octanol–water partition coefficient (Wildman–Crippen LogP) is 7.16. The molecular weight excluding hydrogens is 672 g/mol. The van der Waals surface area contributed by atoms with Gasteiger partial charge < -0.3 is 11.1 Å². The van der Waals surface area contributed by atoms with Crippen LogP contribution >= 0.6 is 0 Å². The Labute approximate surface area is 288 Å². The first-order valence-electron chi connectivity index (χ1n) is 16.0. The third-order valence-electron chi connectivity index (χ3n) is 9.96. The molecule has 2 amide bonds. The fraction of sp³-hybridized carbons (Fsp3) is 0.324. The normalized spacial score (nSPS) is 20.0. The average molecular weight is 709 g/mol. The van der Waals surface area contributed by atoms with Gasteiger partial charge in [-0.3, -0.25) is 9.59 Å². The van der Waals surface area contributed by atoms with Crippen molar-refractivity contribution in [1.29, 1.82) is 5.26 Å². The summed E-state index contributed by atoms with van der Waals surface area (Å²) < 4.78 is 82.8. The molecule has 0 aromatic heterocycles. The molecule has 262 valence electrons. The summed E-state index contributed by atoms with van der Waals surface area (Å²) in [5.41, 5.74) is 4.54. The number of nitrogens with two attached hydrogens (primary N) is 1. The van der Waals surface area contributed by atoms with Crippen molar-refractivity contribution in [3.8, 4) is 6.07 Å². The Morgan fingerprint density at radius 1 is 1.02 bits per heavy atom. The highest BCUT2D eigenvalue weighted by molar-refractivity contribution is 7.89. The van der Waals surface area contributed by atoms with Gasteiger partial charge in [0.1, 0.15) is 5.82 Å². The van der Waals surface area contributed by atoms with Crippen molar-refractivity contribution < 1.29 is 35.6 Å². The molecule has 50 heavy (non-hydrogen) atoms. The van der Waals surface area contributed by atoms with E-state index < -0.39 is 50.4 Å². The van der Waals surface area contributed by atoms with E-state index in [1.165, 1.54) is 28.6 Å². The van der Waals surface area contributed by atoms with E-state index in [0.29, 0.717) is 5.56 Å². The number of piperidine rings is 1. The monoisotopic (exact) mass is 708 g/mol. The van der Waals surface area contributed by atoms with Crippen molar-refractivity contribution in [2.45, 2.75) is 44.2 Å². The number of amides is 2. The second kappa shape index (κ2) is 14.2. The van der Waals surface area contributed by atoms with E-state index in [2.05, 4.69) is 5.32 Å². The molecule has 3 N–H and O–H groups in total. The number of hydrogen-bond acceptors (Lipinski definition) is 5. The fourth-order valence-corrected chi connectivity index (χ4v) is 8.40. The Morgan fingerprint density at radius 3 is 2.24 bits per heavy atom. The van der Waals surface area contributed by atoms with Crippen molar-refractivity contribution >= 4 is 33.1 Å². The Bertz CT molecular complexity index is 1980. The third kappa shape index (κ3) is 7.51. The number of anilines is 1. The largest absolute Gasteiger partial charge is 0.417 e. The minimum atomic E-state index is -4.82. The van der Waals surface area contributed by atoms with Crippen molar-refractivity contribution in [2.24, 2.45) is 28.9 Å². The van der Waals surface area contributed by atoms with Crippen LogP contribution in [0.15, 0.2) is 89.9 Å². The van der Waals surface area contributed by atoms with E-state index >= 15 is 0 Å². The maximum Gasteiger partial charge on any atom is 0.417 e. The van der Waals surface area contributed by atoms with Gasteiger partial charge >= 0.3 is 6.18 Å². The summed E-state index contributed by atoms with van der Waals surface area (Å²) in [5, 5.41) is 11.9. The van der Waals surface area contributed by atoms with Crippen LogP contribution in [0.25, 0.3) is 5.57 Å². The molecule has 3 aromatic rings. The molecule has 2 aliphatic rings. The standard InChI is InChI=1S/C37H36F4N4O4S/c1-23-26(4-3-5-32(23)24-6-8-25(9-7-24)34(43)46)21-36(2,35(47)44-30-13-10-27(22-42)33(20-30)37(39,40)41)28-16-18-45(19-17-28)50(48,49)31-14-11-29(38)12-15-31/h3-15,20,23,26,28H,16-19,21H2,1-2H3,(H2,43,46)(H,44,47). The van der Waals surface area contributed by atoms with Crippen LogP contribution in [0.4, 0.5) is 23.2 Å². The highest BCUT2D eigenvalue weighted by Gasteiger charge is 2.46. The van der Waals surface area contributed by atoms with Gasteiger partial charge in [0, 0.05) is 24.3 Å². The molecular formula is C37H36F4N4O4S. The first kappa shape index (κ1) is 36.5. The molecule has 1 fully saturated rings. The van der Waals surface area contributed by atoms with E-state index in [1.54, 1.807) is 31.2 Å². The van der Waals surface area contributed by atoms with Crippen molar-refractivity contribution in [2.75, 3.05) is 18.4 Å². The lowest BCUT2D eigenvalue weighted by Crippen LogP contribution is -2.48. The molecule has 1 heterocycles. The van der Waals surface area contributed by atoms with Gasteiger partial charge in [0.05, 0.1) is 27.5 Å². The van der Waals surface area contributed by atoms with E-state index in [-0.39, 0.29) is 60.7 Å². The van der Waals surface area contributed by atoms with Gasteiger partial charge in [0.15, 0.2) is 0 Å². The van der Waals surface area contributed by atoms with Gasteiger partial charge in [0.2, 0.25) is 21.8 Å². The number of hydrogen-bond donors (Lipinski definition) is 2. The molecule has 0 bridgehead atoms. The van der Waals surface area contributed by atoms with Gasteiger partial charge in [-0.1, -0.05) is 44.2 Å². The summed E-state index contributed by atoms with van der Waals surface area (Å²) in [4.78, 5) is 25.9. The van der Waals surface area contributed by atoms with Crippen molar-refractivity contribution in [1.82, 2.24) is 4.31 Å². The summed E-state index contributed by atoms with van der Waals surface area (Å²) in [7, 11) is -3.94. The summed E-state index contributed by atoms with van der Waals surface area (Å²) in [6, 6.07) is 16.0.